The van der Waals surface area contributed by atoms with Gasteiger partial charge in [-0.2, -0.15) is 5.10 Å². The van der Waals surface area contributed by atoms with E-state index in [0.29, 0.717) is 19.4 Å². The number of rotatable bonds is 3. The van der Waals surface area contributed by atoms with E-state index in [9.17, 15) is 12.8 Å². The molecule has 3 rings (SSSR count). The molecule has 2 heterocycles. The Hall–Kier alpha value is -1.73. The van der Waals surface area contributed by atoms with Crippen LogP contribution in [0.15, 0.2) is 41.4 Å². The van der Waals surface area contributed by atoms with Gasteiger partial charge in [0.25, 0.3) is 0 Å². The number of hydrogen-bond acceptors (Lipinski definition) is 3. The number of fused-ring (bicyclic) bond motifs is 1. The van der Waals surface area contributed by atoms with E-state index in [1.54, 1.807) is 6.20 Å². The fourth-order valence-electron chi connectivity index (χ4n) is 2.41. The summed E-state index contributed by atoms with van der Waals surface area (Å²) in [5.41, 5.74) is 0.984. The van der Waals surface area contributed by atoms with Crippen LogP contribution in [0.1, 0.15) is 12.1 Å². The van der Waals surface area contributed by atoms with Gasteiger partial charge < -0.3 is 0 Å². The van der Waals surface area contributed by atoms with Crippen molar-refractivity contribution in [3.63, 3.8) is 0 Å². The number of nitrogens with zero attached hydrogens (tertiary/aromatic N) is 2. The molecule has 1 aromatic carbocycles. The van der Waals surface area contributed by atoms with E-state index in [2.05, 4.69) is 9.82 Å². The Balaban J connectivity index is 1.80. The lowest BCUT2D eigenvalue weighted by Gasteiger charge is -2.24. The lowest BCUT2D eigenvalue weighted by Crippen LogP contribution is -2.40. The third-order valence-corrected chi connectivity index (χ3v) is 4.95. The number of aromatic nitrogens is 2. The van der Waals surface area contributed by atoms with E-state index >= 15 is 0 Å². The molecule has 1 aliphatic heterocycles. The van der Waals surface area contributed by atoms with Crippen LogP contribution in [0.25, 0.3) is 0 Å². The largest absolute Gasteiger partial charge is 0.269 e. The summed E-state index contributed by atoms with van der Waals surface area (Å²) in [7, 11) is -3.83. The fourth-order valence-corrected chi connectivity index (χ4v) is 3.76. The van der Waals surface area contributed by atoms with Crippen molar-refractivity contribution in [2.24, 2.45) is 0 Å². The van der Waals surface area contributed by atoms with Gasteiger partial charge in [0.15, 0.2) is 0 Å². The van der Waals surface area contributed by atoms with E-state index in [4.69, 9.17) is 0 Å². The van der Waals surface area contributed by atoms with Gasteiger partial charge in [-0.25, -0.2) is 17.5 Å². The van der Waals surface area contributed by atoms with Crippen molar-refractivity contribution in [2.75, 3.05) is 0 Å². The van der Waals surface area contributed by atoms with Gasteiger partial charge in [-0.1, -0.05) is 12.1 Å². The lowest BCUT2D eigenvalue weighted by atomic mass is 10.1. The second-order valence-corrected chi connectivity index (χ2v) is 6.47. The first-order valence-corrected chi connectivity index (χ1v) is 7.82. The first-order valence-electron chi connectivity index (χ1n) is 6.34. The Morgan fingerprint density at radius 2 is 2.10 bits per heavy atom. The van der Waals surface area contributed by atoms with Gasteiger partial charge in [0.05, 0.1) is 0 Å². The van der Waals surface area contributed by atoms with Gasteiger partial charge in [0.1, 0.15) is 10.7 Å². The van der Waals surface area contributed by atoms with E-state index in [1.807, 2.05) is 10.7 Å². The Labute approximate surface area is 116 Å². The summed E-state index contributed by atoms with van der Waals surface area (Å²) in [6.45, 7) is 0.660. The summed E-state index contributed by atoms with van der Waals surface area (Å²) in [5.74, 6) is -0.735. The zero-order chi connectivity index (χ0) is 14.2. The smallest absolute Gasteiger partial charge is 0.243 e. The number of aryl methyl sites for hydroxylation is 1. The van der Waals surface area contributed by atoms with Gasteiger partial charge in [0, 0.05) is 30.9 Å². The molecule has 5 nitrogen and oxygen atoms in total. The molecule has 1 N–H and O–H groups in total. The van der Waals surface area contributed by atoms with Crippen molar-refractivity contribution >= 4 is 10.0 Å². The van der Waals surface area contributed by atoms with Crippen LogP contribution < -0.4 is 4.72 Å². The predicted molar refractivity (Wildman–Crippen MR) is 71.1 cm³/mol. The average Bonchev–Trinajstić information content (AvgIpc) is 2.86. The zero-order valence-corrected chi connectivity index (χ0v) is 11.5. The second-order valence-electron chi connectivity index (χ2n) is 4.79. The van der Waals surface area contributed by atoms with Gasteiger partial charge >= 0.3 is 0 Å². The van der Waals surface area contributed by atoms with Crippen molar-refractivity contribution in [3.05, 3.63) is 48.0 Å². The summed E-state index contributed by atoms with van der Waals surface area (Å²) < 4.78 is 42.4. The number of halogens is 1. The molecule has 0 fully saturated rings. The minimum Gasteiger partial charge on any atom is -0.269 e. The van der Waals surface area contributed by atoms with Crippen LogP contribution in [0.4, 0.5) is 4.39 Å². The summed E-state index contributed by atoms with van der Waals surface area (Å²) in [5, 5.41) is 4.14. The van der Waals surface area contributed by atoms with Gasteiger partial charge in [-0.15, -0.1) is 0 Å². The van der Waals surface area contributed by atoms with Gasteiger partial charge in [-0.05, 0) is 24.6 Å². The van der Waals surface area contributed by atoms with Crippen LogP contribution in [-0.2, 0) is 23.0 Å². The molecule has 106 valence electrons. The summed E-state index contributed by atoms with van der Waals surface area (Å²) in [6.07, 6.45) is 2.90. The quantitative estimate of drug-likeness (QED) is 0.928. The molecule has 0 amide bonds. The lowest BCUT2D eigenvalue weighted by molar-refractivity contribution is 0.413. The second kappa shape index (κ2) is 4.99. The van der Waals surface area contributed by atoms with Crippen LogP contribution in [0.3, 0.4) is 0 Å². The van der Waals surface area contributed by atoms with Gasteiger partial charge in [-0.3, -0.25) is 4.68 Å². The van der Waals surface area contributed by atoms with Crippen molar-refractivity contribution in [1.82, 2.24) is 14.5 Å². The maximum atomic E-state index is 13.6. The maximum Gasteiger partial charge on any atom is 0.243 e. The normalized spacial score (nSPS) is 18.8. The Kier molecular flexibility index (Phi) is 3.31. The molecule has 1 aromatic heterocycles. The monoisotopic (exact) mass is 295 g/mol. The SMILES string of the molecule is O=S(=O)(N[C@H]1CCn2nccc2C1)c1ccccc1F. The summed E-state index contributed by atoms with van der Waals surface area (Å²) in [4.78, 5) is -0.306. The van der Waals surface area contributed by atoms with E-state index in [-0.39, 0.29) is 10.9 Å². The first kappa shape index (κ1) is 13.3. The summed E-state index contributed by atoms with van der Waals surface area (Å²) in [6, 6.07) is 7.02. The molecular weight excluding hydrogens is 281 g/mol. The molecule has 0 unspecified atom stereocenters. The maximum absolute atomic E-state index is 13.6. The minimum atomic E-state index is -3.83. The number of nitrogens with one attached hydrogen (secondary N) is 1. The predicted octanol–water partition coefficient (Wildman–Crippen LogP) is 1.32. The van der Waals surface area contributed by atoms with Crippen LogP contribution in [0, 0.1) is 5.82 Å². The van der Waals surface area contributed by atoms with Crippen LogP contribution in [-0.4, -0.2) is 24.2 Å². The summed E-state index contributed by atoms with van der Waals surface area (Å²) >= 11 is 0. The third kappa shape index (κ3) is 2.46. The molecule has 0 saturated heterocycles. The minimum absolute atomic E-state index is 0.233. The van der Waals surface area contributed by atoms with E-state index in [0.717, 1.165) is 11.8 Å². The molecule has 2 aromatic rings. The van der Waals surface area contributed by atoms with Crippen LogP contribution in [0.2, 0.25) is 0 Å². The van der Waals surface area contributed by atoms with Gasteiger partial charge in [0.2, 0.25) is 10.0 Å². The Bertz CT molecular complexity index is 727. The van der Waals surface area contributed by atoms with Crippen molar-refractivity contribution < 1.29 is 12.8 Å². The Morgan fingerprint density at radius 3 is 2.90 bits per heavy atom. The highest BCUT2D eigenvalue weighted by Crippen LogP contribution is 2.18. The topological polar surface area (TPSA) is 64.0 Å². The molecule has 0 spiro atoms. The standard InChI is InChI=1S/C13H14FN3O2S/c14-12-3-1-2-4-13(12)20(18,19)16-10-6-8-17-11(9-10)5-7-15-17/h1-5,7,10,16H,6,8-9H2/t10-/m0/s1. The average molecular weight is 295 g/mol. The molecular formula is C13H14FN3O2S. The fraction of sp³-hybridized carbons (Fsp3) is 0.308. The zero-order valence-electron chi connectivity index (χ0n) is 10.7. The number of hydrogen-bond donors (Lipinski definition) is 1. The van der Waals surface area contributed by atoms with E-state index < -0.39 is 15.8 Å². The highest BCUT2D eigenvalue weighted by molar-refractivity contribution is 7.89. The molecule has 20 heavy (non-hydrogen) atoms. The number of benzene rings is 1. The molecule has 0 aliphatic carbocycles. The molecule has 0 bridgehead atoms. The molecule has 0 saturated carbocycles. The Morgan fingerprint density at radius 1 is 1.30 bits per heavy atom. The van der Waals surface area contributed by atoms with Crippen molar-refractivity contribution in [2.45, 2.75) is 30.3 Å². The molecule has 0 radical (unpaired) electrons. The molecule has 1 aliphatic rings. The van der Waals surface area contributed by atoms with Crippen LogP contribution >= 0.6 is 0 Å². The molecule has 7 heteroatoms. The highest BCUT2D eigenvalue weighted by atomic mass is 32.2. The number of sulfonamides is 1. The first-order chi connectivity index (χ1) is 9.56. The van der Waals surface area contributed by atoms with Crippen LogP contribution in [0.5, 0.6) is 0 Å². The molecule has 1 atom stereocenters. The van der Waals surface area contributed by atoms with Crippen molar-refractivity contribution in [3.8, 4) is 0 Å². The highest BCUT2D eigenvalue weighted by Gasteiger charge is 2.26. The van der Waals surface area contributed by atoms with Crippen molar-refractivity contribution in [1.29, 1.82) is 0 Å². The third-order valence-electron chi connectivity index (χ3n) is 3.40. The van der Waals surface area contributed by atoms with E-state index in [1.165, 1.54) is 18.2 Å².